The largest absolute Gasteiger partial charge is 0.493 e. The molecule has 0 radical (unpaired) electrons. The molecule has 1 N–H and O–H groups in total. The third-order valence-electron chi connectivity index (χ3n) is 5.79. The second-order valence-electron chi connectivity index (χ2n) is 7.57. The van der Waals surface area contributed by atoms with Gasteiger partial charge in [-0.2, -0.15) is 0 Å². The van der Waals surface area contributed by atoms with Crippen LogP contribution in [-0.4, -0.2) is 61.4 Å². The first-order valence-electron chi connectivity index (χ1n) is 10.7. The van der Waals surface area contributed by atoms with E-state index in [2.05, 4.69) is 46.2 Å². The zero-order valence-corrected chi connectivity index (χ0v) is 19.4. The Morgan fingerprint density at radius 1 is 1.19 bits per heavy atom. The minimum absolute atomic E-state index is 0.151. The molecule has 1 fully saturated rings. The van der Waals surface area contributed by atoms with Crippen molar-refractivity contribution in [1.82, 2.24) is 14.9 Å². The van der Waals surface area contributed by atoms with E-state index in [1.54, 1.807) is 24.8 Å². The van der Waals surface area contributed by atoms with Crippen LogP contribution >= 0.6 is 11.3 Å². The van der Waals surface area contributed by atoms with E-state index in [9.17, 15) is 0 Å². The molecule has 3 heterocycles. The zero-order chi connectivity index (χ0) is 21.8. The Morgan fingerprint density at radius 2 is 2.00 bits per heavy atom. The number of nitrogens with one attached hydrogen (secondary N) is 1. The van der Waals surface area contributed by atoms with Crippen molar-refractivity contribution >= 4 is 27.4 Å². The zero-order valence-electron chi connectivity index (χ0n) is 18.6. The molecule has 1 aliphatic heterocycles. The Bertz CT molecular complexity index is 1030. The maximum Gasteiger partial charge on any atom is 0.161 e. The molecule has 4 rings (SSSR count). The number of morpholine rings is 1. The predicted molar refractivity (Wildman–Crippen MR) is 125 cm³/mol. The van der Waals surface area contributed by atoms with Gasteiger partial charge in [-0.25, -0.2) is 9.97 Å². The van der Waals surface area contributed by atoms with E-state index in [1.807, 2.05) is 13.0 Å². The van der Waals surface area contributed by atoms with Crippen LogP contribution in [0.3, 0.4) is 0 Å². The fourth-order valence-corrected chi connectivity index (χ4v) is 5.02. The fourth-order valence-electron chi connectivity index (χ4n) is 4.02. The lowest BCUT2D eigenvalue weighted by Gasteiger charge is -2.35. The average Bonchev–Trinajstić information content (AvgIpc) is 3.09. The number of anilines is 1. The lowest BCUT2D eigenvalue weighted by Crippen LogP contribution is -2.41. The number of fused-ring (bicyclic) bond motifs is 1. The van der Waals surface area contributed by atoms with E-state index in [-0.39, 0.29) is 6.04 Å². The molecule has 0 bridgehead atoms. The Hall–Kier alpha value is -2.42. The van der Waals surface area contributed by atoms with Crippen LogP contribution in [0.4, 0.5) is 5.82 Å². The van der Waals surface area contributed by atoms with Crippen molar-refractivity contribution in [3.63, 3.8) is 0 Å². The van der Waals surface area contributed by atoms with Crippen molar-refractivity contribution in [3.05, 3.63) is 40.5 Å². The van der Waals surface area contributed by atoms with E-state index in [0.717, 1.165) is 60.4 Å². The summed E-state index contributed by atoms with van der Waals surface area (Å²) in [6.07, 6.45) is 1.64. The fraction of sp³-hybridized carbons (Fsp3) is 0.478. The number of nitrogens with zero attached hydrogens (tertiary/aromatic N) is 3. The molecule has 8 heteroatoms. The number of rotatable bonds is 8. The standard InChI is InChI=1S/C23H30N4O3S/c1-5-30-19-7-6-17(12-20(19)28-4)18(27-8-10-29-11-9-27)13-24-22-21-15(2)16(3)31-23(21)26-14-25-22/h6-7,12,14,18H,5,8-11,13H2,1-4H3,(H,24,25,26). The molecule has 31 heavy (non-hydrogen) atoms. The van der Waals surface area contributed by atoms with Gasteiger partial charge in [0.05, 0.1) is 38.4 Å². The lowest BCUT2D eigenvalue weighted by atomic mass is 10.0. The lowest BCUT2D eigenvalue weighted by molar-refractivity contribution is 0.0186. The van der Waals surface area contributed by atoms with E-state index < -0.39 is 0 Å². The van der Waals surface area contributed by atoms with Gasteiger partial charge in [0, 0.05) is 24.5 Å². The molecule has 3 aromatic rings. The molecule has 1 unspecified atom stereocenters. The number of thiophene rings is 1. The first-order chi connectivity index (χ1) is 15.1. The molecule has 1 aliphatic rings. The highest BCUT2D eigenvalue weighted by Crippen LogP contribution is 2.35. The Balaban J connectivity index is 1.64. The third-order valence-corrected chi connectivity index (χ3v) is 6.90. The maximum atomic E-state index is 5.71. The summed E-state index contributed by atoms with van der Waals surface area (Å²) >= 11 is 1.71. The first-order valence-corrected chi connectivity index (χ1v) is 11.5. The Morgan fingerprint density at radius 3 is 2.74 bits per heavy atom. The molecule has 1 aromatic carbocycles. The number of hydrogen-bond donors (Lipinski definition) is 1. The molecular formula is C23H30N4O3S. The van der Waals surface area contributed by atoms with Crippen molar-refractivity contribution in [2.45, 2.75) is 26.8 Å². The monoisotopic (exact) mass is 442 g/mol. The van der Waals surface area contributed by atoms with Gasteiger partial charge in [0.1, 0.15) is 17.0 Å². The minimum atomic E-state index is 0.151. The van der Waals surface area contributed by atoms with Crippen LogP contribution in [0.25, 0.3) is 10.2 Å². The van der Waals surface area contributed by atoms with E-state index in [0.29, 0.717) is 6.61 Å². The van der Waals surface area contributed by atoms with Crippen LogP contribution in [0.1, 0.15) is 29.0 Å². The normalized spacial score (nSPS) is 15.7. The van der Waals surface area contributed by atoms with Gasteiger partial charge in [-0.1, -0.05) is 6.07 Å². The summed E-state index contributed by atoms with van der Waals surface area (Å²) in [5.41, 5.74) is 2.42. The van der Waals surface area contributed by atoms with Gasteiger partial charge in [0.25, 0.3) is 0 Å². The van der Waals surface area contributed by atoms with Crippen LogP contribution in [0.15, 0.2) is 24.5 Å². The molecule has 1 saturated heterocycles. The van der Waals surface area contributed by atoms with E-state index >= 15 is 0 Å². The Labute approximate surface area is 187 Å². The van der Waals surface area contributed by atoms with Crippen LogP contribution < -0.4 is 14.8 Å². The van der Waals surface area contributed by atoms with Crippen LogP contribution in [-0.2, 0) is 4.74 Å². The van der Waals surface area contributed by atoms with Gasteiger partial charge in [-0.15, -0.1) is 11.3 Å². The summed E-state index contributed by atoms with van der Waals surface area (Å²) in [6.45, 7) is 10.8. The number of aryl methyl sites for hydroxylation is 2. The number of benzene rings is 1. The van der Waals surface area contributed by atoms with Gasteiger partial charge in [-0.3, -0.25) is 4.90 Å². The average molecular weight is 443 g/mol. The van der Waals surface area contributed by atoms with Gasteiger partial charge in [0.15, 0.2) is 11.5 Å². The molecule has 0 saturated carbocycles. The predicted octanol–water partition coefficient (Wildman–Crippen LogP) is 4.20. The topological polar surface area (TPSA) is 68.7 Å². The second-order valence-corrected chi connectivity index (χ2v) is 8.78. The summed E-state index contributed by atoms with van der Waals surface area (Å²) in [5.74, 6) is 2.42. The summed E-state index contributed by atoms with van der Waals surface area (Å²) in [5, 5.41) is 4.74. The van der Waals surface area contributed by atoms with Crippen molar-refractivity contribution in [1.29, 1.82) is 0 Å². The van der Waals surface area contributed by atoms with Crippen molar-refractivity contribution in [2.24, 2.45) is 0 Å². The molecule has 166 valence electrons. The van der Waals surface area contributed by atoms with E-state index in [4.69, 9.17) is 14.2 Å². The van der Waals surface area contributed by atoms with Crippen LogP contribution in [0.2, 0.25) is 0 Å². The molecule has 1 atom stereocenters. The molecule has 0 amide bonds. The van der Waals surface area contributed by atoms with E-state index in [1.165, 1.54) is 16.0 Å². The van der Waals surface area contributed by atoms with Gasteiger partial charge in [0.2, 0.25) is 0 Å². The second kappa shape index (κ2) is 9.80. The summed E-state index contributed by atoms with van der Waals surface area (Å²) < 4.78 is 16.9. The molecule has 0 spiro atoms. The molecule has 0 aliphatic carbocycles. The maximum absolute atomic E-state index is 5.71. The smallest absolute Gasteiger partial charge is 0.161 e. The molecule has 7 nitrogen and oxygen atoms in total. The van der Waals surface area contributed by atoms with Gasteiger partial charge in [-0.05, 0) is 44.0 Å². The van der Waals surface area contributed by atoms with Crippen LogP contribution in [0.5, 0.6) is 11.5 Å². The minimum Gasteiger partial charge on any atom is -0.493 e. The summed E-state index contributed by atoms with van der Waals surface area (Å²) in [7, 11) is 1.68. The molecular weight excluding hydrogens is 412 g/mol. The highest BCUT2D eigenvalue weighted by Gasteiger charge is 2.24. The summed E-state index contributed by atoms with van der Waals surface area (Å²) in [4.78, 5) is 13.8. The highest BCUT2D eigenvalue weighted by atomic mass is 32.1. The van der Waals surface area contributed by atoms with Crippen molar-refractivity contribution in [2.75, 3.05) is 51.9 Å². The van der Waals surface area contributed by atoms with Gasteiger partial charge >= 0.3 is 0 Å². The quantitative estimate of drug-likeness (QED) is 0.561. The first kappa shape index (κ1) is 21.8. The number of hydrogen-bond acceptors (Lipinski definition) is 8. The number of methoxy groups -OCH3 is 1. The number of aromatic nitrogens is 2. The SMILES string of the molecule is CCOc1ccc(C(CNc2ncnc3sc(C)c(C)c23)N2CCOCC2)cc1OC. The van der Waals surface area contributed by atoms with Gasteiger partial charge < -0.3 is 19.5 Å². The van der Waals surface area contributed by atoms with Crippen molar-refractivity contribution < 1.29 is 14.2 Å². The van der Waals surface area contributed by atoms with Crippen molar-refractivity contribution in [3.8, 4) is 11.5 Å². The third kappa shape index (κ3) is 4.61. The van der Waals surface area contributed by atoms with Crippen LogP contribution in [0, 0.1) is 13.8 Å². The number of ether oxygens (including phenoxy) is 3. The summed E-state index contributed by atoms with van der Waals surface area (Å²) in [6, 6.07) is 6.37. The Kier molecular flexibility index (Phi) is 6.89. The highest BCUT2D eigenvalue weighted by molar-refractivity contribution is 7.18. The molecule has 2 aromatic heterocycles.